The highest BCUT2D eigenvalue weighted by Crippen LogP contribution is 2.15. The summed E-state index contributed by atoms with van der Waals surface area (Å²) in [5.74, 6) is 0. The molecule has 3 aromatic rings. The van der Waals surface area contributed by atoms with Gasteiger partial charge in [-0.15, -0.1) is 0 Å². The second kappa shape index (κ2) is 8.92. The molecule has 3 aromatic carbocycles. The third-order valence-corrected chi connectivity index (χ3v) is 6.02. The van der Waals surface area contributed by atoms with E-state index in [4.69, 9.17) is 0 Å². The van der Waals surface area contributed by atoms with Gasteiger partial charge in [-0.3, -0.25) is 0 Å². The Labute approximate surface area is 172 Å². The van der Waals surface area contributed by atoms with Crippen LogP contribution in [-0.2, 0) is 23.1 Å². The largest absolute Gasteiger partial charge is 0.331 e. The molecule has 29 heavy (non-hydrogen) atoms. The first kappa shape index (κ1) is 20.6. The second-order valence-corrected chi connectivity index (χ2v) is 8.67. The van der Waals surface area contributed by atoms with Gasteiger partial charge in [0.15, 0.2) is 0 Å². The molecule has 0 aliphatic rings. The lowest BCUT2D eigenvalue weighted by molar-refractivity contribution is 0.198. The molecule has 0 fully saturated rings. The minimum absolute atomic E-state index is 0.0620. The van der Waals surface area contributed by atoms with Gasteiger partial charge in [-0.1, -0.05) is 72.3 Å². The first-order chi connectivity index (χ1) is 13.8. The van der Waals surface area contributed by atoms with Gasteiger partial charge in [0.1, 0.15) is 0 Å². The van der Waals surface area contributed by atoms with Gasteiger partial charge in [0, 0.05) is 13.1 Å². The number of carbonyl (C=O) groups excluding carboxylic acids is 1. The topological polar surface area (TPSA) is 66.5 Å². The maximum absolute atomic E-state index is 13.0. The van der Waals surface area contributed by atoms with Gasteiger partial charge in [-0.25, -0.2) is 17.9 Å². The summed E-state index contributed by atoms with van der Waals surface area (Å²) in [6, 6.07) is 23.0. The summed E-state index contributed by atoms with van der Waals surface area (Å²) in [5.41, 5.74) is 3.87. The van der Waals surface area contributed by atoms with Crippen molar-refractivity contribution in [2.24, 2.45) is 0 Å². The molecule has 6 heteroatoms. The third-order valence-electron chi connectivity index (χ3n) is 4.68. The zero-order chi connectivity index (χ0) is 20.9. The van der Waals surface area contributed by atoms with Crippen LogP contribution >= 0.6 is 0 Å². The molecule has 0 bridgehead atoms. The Morgan fingerprint density at radius 2 is 1.45 bits per heavy atom. The summed E-state index contributed by atoms with van der Waals surface area (Å²) < 4.78 is 27.6. The molecule has 0 aliphatic heterocycles. The van der Waals surface area contributed by atoms with Gasteiger partial charge < -0.3 is 4.90 Å². The van der Waals surface area contributed by atoms with Crippen LogP contribution in [0.1, 0.15) is 22.3 Å². The van der Waals surface area contributed by atoms with Crippen molar-refractivity contribution in [1.29, 1.82) is 0 Å². The van der Waals surface area contributed by atoms with Crippen LogP contribution in [0.3, 0.4) is 0 Å². The predicted octanol–water partition coefficient (Wildman–Crippen LogP) is 4.40. The average Bonchev–Trinajstić information content (AvgIpc) is 2.70. The highest BCUT2D eigenvalue weighted by Gasteiger charge is 2.22. The van der Waals surface area contributed by atoms with E-state index in [1.54, 1.807) is 12.1 Å². The monoisotopic (exact) mass is 408 g/mol. The summed E-state index contributed by atoms with van der Waals surface area (Å²) in [4.78, 5) is 14.5. The van der Waals surface area contributed by atoms with Crippen LogP contribution in [0.15, 0.2) is 83.8 Å². The highest BCUT2D eigenvalue weighted by atomic mass is 32.2. The number of hydrogen-bond acceptors (Lipinski definition) is 3. The lowest BCUT2D eigenvalue weighted by Gasteiger charge is -2.24. The number of sulfonamides is 1. The Bertz CT molecular complexity index is 1080. The van der Waals surface area contributed by atoms with E-state index in [-0.39, 0.29) is 4.90 Å². The fourth-order valence-corrected chi connectivity index (χ4v) is 3.92. The molecule has 0 heterocycles. The summed E-state index contributed by atoms with van der Waals surface area (Å²) in [5, 5.41) is 0. The fraction of sp³-hybridized carbons (Fsp3) is 0.174. The maximum atomic E-state index is 13.0. The number of aryl methyl sites for hydroxylation is 2. The Kier molecular flexibility index (Phi) is 6.34. The lowest BCUT2D eigenvalue weighted by Crippen LogP contribution is -2.42. The number of hydrogen-bond donors (Lipinski definition) is 1. The number of carbonyl (C=O) groups is 1. The maximum Gasteiger partial charge on any atom is 0.331 e. The zero-order valence-corrected chi connectivity index (χ0v) is 17.3. The van der Waals surface area contributed by atoms with Gasteiger partial charge in [0.25, 0.3) is 10.0 Å². The minimum Gasteiger partial charge on any atom is -0.315 e. The first-order valence-corrected chi connectivity index (χ1v) is 10.8. The van der Waals surface area contributed by atoms with E-state index in [1.807, 2.05) is 68.4 Å². The van der Waals surface area contributed by atoms with E-state index in [2.05, 4.69) is 4.72 Å². The molecule has 0 spiro atoms. The highest BCUT2D eigenvalue weighted by molar-refractivity contribution is 7.90. The summed E-state index contributed by atoms with van der Waals surface area (Å²) >= 11 is 0. The molecular weight excluding hydrogens is 384 g/mol. The van der Waals surface area contributed by atoms with Crippen molar-refractivity contribution < 1.29 is 13.2 Å². The Balaban J connectivity index is 1.85. The van der Waals surface area contributed by atoms with Crippen LogP contribution in [0.5, 0.6) is 0 Å². The van der Waals surface area contributed by atoms with Crippen molar-refractivity contribution in [3.8, 4) is 0 Å². The number of benzene rings is 3. The summed E-state index contributed by atoms with van der Waals surface area (Å²) in [6.45, 7) is 4.44. The third kappa shape index (κ3) is 5.45. The number of rotatable bonds is 6. The smallest absolute Gasteiger partial charge is 0.315 e. The van der Waals surface area contributed by atoms with Crippen LogP contribution < -0.4 is 4.72 Å². The molecular formula is C23H24N2O3S. The van der Waals surface area contributed by atoms with Gasteiger partial charge in [0.05, 0.1) is 4.90 Å². The van der Waals surface area contributed by atoms with E-state index in [0.29, 0.717) is 13.1 Å². The molecule has 0 aromatic heterocycles. The van der Waals surface area contributed by atoms with E-state index >= 15 is 0 Å². The molecule has 2 amide bonds. The van der Waals surface area contributed by atoms with Crippen molar-refractivity contribution in [2.75, 3.05) is 0 Å². The van der Waals surface area contributed by atoms with E-state index in [1.165, 1.54) is 17.0 Å². The number of urea groups is 1. The molecule has 150 valence electrons. The van der Waals surface area contributed by atoms with Crippen LogP contribution in [0.25, 0.3) is 0 Å². The van der Waals surface area contributed by atoms with E-state index < -0.39 is 16.1 Å². The lowest BCUT2D eigenvalue weighted by atomic mass is 10.1. The Morgan fingerprint density at radius 3 is 2.10 bits per heavy atom. The fourth-order valence-electron chi connectivity index (χ4n) is 2.95. The molecule has 0 atom stereocenters. The van der Waals surface area contributed by atoms with Crippen molar-refractivity contribution in [3.05, 3.63) is 101 Å². The molecule has 0 unspecified atom stereocenters. The van der Waals surface area contributed by atoms with Crippen LogP contribution in [0.2, 0.25) is 0 Å². The SMILES string of the molecule is Cc1ccc(S(=O)(=O)NC(=O)N(Cc2ccccc2)Cc2ccccc2C)cc1. The van der Waals surface area contributed by atoms with Crippen molar-refractivity contribution >= 4 is 16.1 Å². The van der Waals surface area contributed by atoms with Gasteiger partial charge in [-0.2, -0.15) is 0 Å². The standard InChI is InChI=1S/C23H24N2O3S/c1-18-12-14-22(15-13-18)29(27,28)24-23(26)25(16-20-9-4-3-5-10-20)17-21-11-7-6-8-19(21)2/h3-15H,16-17H2,1-2H3,(H,24,26). The quantitative estimate of drug-likeness (QED) is 0.657. The molecule has 0 saturated carbocycles. The van der Waals surface area contributed by atoms with E-state index in [9.17, 15) is 13.2 Å². The van der Waals surface area contributed by atoms with Crippen LogP contribution in [-0.4, -0.2) is 19.3 Å². The average molecular weight is 409 g/mol. The Hall–Kier alpha value is -3.12. The molecule has 1 N–H and O–H groups in total. The normalized spacial score (nSPS) is 11.1. The number of nitrogens with zero attached hydrogens (tertiary/aromatic N) is 1. The number of nitrogens with one attached hydrogen (secondary N) is 1. The minimum atomic E-state index is -3.96. The first-order valence-electron chi connectivity index (χ1n) is 9.32. The molecule has 0 radical (unpaired) electrons. The van der Waals surface area contributed by atoms with E-state index in [0.717, 1.165) is 22.3 Å². The predicted molar refractivity (Wildman–Crippen MR) is 114 cm³/mol. The van der Waals surface area contributed by atoms with Gasteiger partial charge in [-0.05, 0) is 42.7 Å². The Morgan fingerprint density at radius 1 is 0.828 bits per heavy atom. The molecule has 0 saturated heterocycles. The van der Waals surface area contributed by atoms with Gasteiger partial charge >= 0.3 is 6.03 Å². The van der Waals surface area contributed by atoms with Gasteiger partial charge in [0.2, 0.25) is 0 Å². The second-order valence-electron chi connectivity index (χ2n) is 6.99. The van der Waals surface area contributed by atoms with Crippen molar-refractivity contribution in [1.82, 2.24) is 9.62 Å². The number of amides is 2. The molecule has 3 rings (SSSR count). The zero-order valence-electron chi connectivity index (χ0n) is 16.5. The summed E-state index contributed by atoms with van der Waals surface area (Å²) in [7, 11) is -3.96. The van der Waals surface area contributed by atoms with Crippen molar-refractivity contribution in [2.45, 2.75) is 31.8 Å². The molecule has 5 nitrogen and oxygen atoms in total. The van der Waals surface area contributed by atoms with Crippen LogP contribution in [0.4, 0.5) is 4.79 Å². The molecule has 0 aliphatic carbocycles. The van der Waals surface area contributed by atoms with Crippen LogP contribution in [0, 0.1) is 13.8 Å². The summed E-state index contributed by atoms with van der Waals surface area (Å²) in [6.07, 6.45) is 0. The van der Waals surface area contributed by atoms with Crippen molar-refractivity contribution in [3.63, 3.8) is 0 Å².